The van der Waals surface area contributed by atoms with Gasteiger partial charge in [0.15, 0.2) is 11.4 Å². The summed E-state index contributed by atoms with van der Waals surface area (Å²) in [5.74, 6) is -0.600. The Hall–Kier alpha value is -4.09. The van der Waals surface area contributed by atoms with Crippen LogP contribution < -0.4 is 20.3 Å². The fourth-order valence-corrected chi connectivity index (χ4v) is 4.91. The van der Waals surface area contributed by atoms with Crippen molar-refractivity contribution in [2.45, 2.75) is 13.5 Å². The molecule has 0 atom stereocenters. The smallest absolute Gasteiger partial charge is 0.251 e. The molecular formula is C31H30Cl3N5O5. The third kappa shape index (κ3) is 7.89. The Morgan fingerprint density at radius 1 is 1.05 bits per heavy atom. The van der Waals surface area contributed by atoms with Crippen molar-refractivity contribution in [2.75, 3.05) is 38.8 Å². The number of imidazole rings is 1. The number of carbonyl (C=O) groups excluding carboxylic acids is 3. The second-order valence-corrected chi connectivity index (χ2v) is 10.7. The van der Waals surface area contributed by atoms with Gasteiger partial charge in [-0.05, 0) is 55.0 Å². The molecule has 0 radical (unpaired) electrons. The number of halogens is 3. The molecule has 4 rings (SSSR count). The van der Waals surface area contributed by atoms with Crippen LogP contribution in [0.1, 0.15) is 27.2 Å². The number of ether oxygens (including phenoxy) is 2. The number of anilines is 1. The highest BCUT2D eigenvalue weighted by Crippen LogP contribution is 2.35. The van der Waals surface area contributed by atoms with Crippen LogP contribution in [0.2, 0.25) is 15.2 Å². The number of nitrogens with one attached hydrogen (secondary N) is 2. The van der Waals surface area contributed by atoms with E-state index >= 15 is 0 Å². The molecule has 3 amide bonds. The molecule has 2 aromatic carbocycles. The molecule has 230 valence electrons. The van der Waals surface area contributed by atoms with Gasteiger partial charge in [0, 0.05) is 49.1 Å². The molecule has 2 aromatic heterocycles. The molecule has 2 heterocycles. The standard InChI is InChI=1S/C31H30Cl3N5O5/c1-19-29(34)39-15-4-5-25(30(39)37-19)44-18-22-23(32)11-12-24(28(22)33)38(2)27(41)17-36-26(40)13-8-20-6-9-21(10-7-20)31(42)35-14-16-43-3/h4-13,15H,14,16-18H2,1-3H3,(H,35,42)(H,36,40)/b13-8+. The summed E-state index contributed by atoms with van der Waals surface area (Å²) >= 11 is 19.4. The molecular weight excluding hydrogens is 629 g/mol. The molecule has 0 saturated heterocycles. The number of pyridine rings is 1. The summed E-state index contributed by atoms with van der Waals surface area (Å²) in [6, 6.07) is 13.5. The molecule has 0 bridgehead atoms. The lowest BCUT2D eigenvalue weighted by molar-refractivity contribution is -0.122. The van der Waals surface area contributed by atoms with Crippen LogP contribution in [0.4, 0.5) is 5.69 Å². The SMILES string of the molecule is COCCNC(=O)c1ccc(/C=C/C(=O)NCC(=O)N(C)c2ccc(Cl)c(COc3cccn4c(Cl)c(C)nc34)c2Cl)cc1. The number of rotatable bonds is 12. The third-order valence-electron chi connectivity index (χ3n) is 6.59. The number of nitrogens with zero attached hydrogens (tertiary/aromatic N) is 3. The second kappa shape index (κ2) is 15.1. The molecule has 0 fully saturated rings. The maximum absolute atomic E-state index is 12.9. The summed E-state index contributed by atoms with van der Waals surface area (Å²) in [6.07, 6.45) is 4.67. The fraction of sp³-hybridized carbons (Fsp3) is 0.226. The molecule has 13 heteroatoms. The first-order valence-corrected chi connectivity index (χ1v) is 14.6. The van der Waals surface area contributed by atoms with Crippen molar-refractivity contribution < 1.29 is 23.9 Å². The number of likely N-dealkylation sites (N-methyl/N-ethyl adjacent to an activating group) is 1. The van der Waals surface area contributed by atoms with Gasteiger partial charge >= 0.3 is 0 Å². The minimum Gasteiger partial charge on any atom is -0.485 e. The van der Waals surface area contributed by atoms with Crippen LogP contribution in [-0.4, -0.2) is 61.0 Å². The van der Waals surface area contributed by atoms with Crippen LogP contribution >= 0.6 is 34.8 Å². The average Bonchev–Trinajstić information content (AvgIpc) is 3.32. The number of benzene rings is 2. The quantitative estimate of drug-likeness (QED) is 0.157. The van der Waals surface area contributed by atoms with Crippen LogP contribution in [0.3, 0.4) is 0 Å². The Bertz CT molecular complexity index is 1710. The number of hydrogen-bond acceptors (Lipinski definition) is 6. The van der Waals surface area contributed by atoms with Gasteiger partial charge in [-0.25, -0.2) is 4.98 Å². The molecule has 0 aliphatic heterocycles. The summed E-state index contributed by atoms with van der Waals surface area (Å²) in [5, 5.41) is 6.39. The Kier molecular flexibility index (Phi) is 11.2. The van der Waals surface area contributed by atoms with Gasteiger partial charge in [-0.3, -0.25) is 18.8 Å². The van der Waals surface area contributed by atoms with Crippen molar-refractivity contribution in [3.8, 4) is 5.75 Å². The molecule has 2 N–H and O–H groups in total. The first kappa shape index (κ1) is 32.8. The number of amides is 3. The maximum atomic E-state index is 12.9. The number of fused-ring (bicyclic) bond motifs is 1. The van der Waals surface area contributed by atoms with E-state index in [1.165, 1.54) is 11.0 Å². The Morgan fingerprint density at radius 3 is 2.52 bits per heavy atom. The maximum Gasteiger partial charge on any atom is 0.251 e. The number of aromatic nitrogens is 2. The van der Waals surface area contributed by atoms with Gasteiger partial charge < -0.3 is 25.0 Å². The van der Waals surface area contributed by atoms with Gasteiger partial charge in [-0.2, -0.15) is 0 Å². The lowest BCUT2D eigenvalue weighted by Gasteiger charge is -2.21. The van der Waals surface area contributed by atoms with Gasteiger partial charge in [0.25, 0.3) is 5.91 Å². The van der Waals surface area contributed by atoms with E-state index in [0.29, 0.717) is 62.8 Å². The minimum atomic E-state index is -0.465. The first-order valence-electron chi connectivity index (χ1n) is 13.4. The van der Waals surface area contributed by atoms with Gasteiger partial charge in [-0.1, -0.05) is 46.9 Å². The number of hydrogen-bond donors (Lipinski definition) is 2. The number of aryl methyl sites for hydroxylation is 1. The van der Waals surface area contributed by atoms with E-state index < -0.39 is 11.8 Å². The fourth-order valence-electron chi connectivity index (χ4n) is 4.13. The van der Waals surface area contributed by atoms with Crippen molar-refractivity contribution in [3.63, 3.8) is 0 Å². The number of carbonyl (C=O) groups is 3. The van der Waals surface area contributed by atoms with Gasteiger partial charge in [-0.15, -0.1) is 0 Å². The van der Waals surface area contributed by atoms with E-state index in [4.69, 9.17) is 44.3 Å². The Labute approximate surface area is 269 Å². The minimum absolute atomic E-state index is 0.0116. The van der Waals surface area contributed by atoms with E-state index in [9.17, 15) is 14.4 Å². The molecule has 0 spiro atoms. The predicted molar refractivity (Wildman–Crippen MR) is 172 cm³/mol. The van der Waals surface area contributed by atoms with Gasteiger partial charge in [0.2, 0.25) is 11.8 Å². The molecule has 0 saturated carbocycles. The highest BCUT2D eigenvalue weighted by Gasteiger charge is 2.20. The lowest BCUT2D eigenvalue weighted by atomic mass is 10.1. The Morgan fingerprint density at radius 2 is 1.80 bits per heavy atom. The van der Waals surface area contributed by atoms with Gasteiger partial charge in [0.05, 0.1) is 29.6 Å². The van der Waals surface area contributed by atoms with Crippen LogP contribution in [0.25, 0.3) is 11.7 Å². The van der Waals surface area contributed by atoms with E-state index in [2.05, 4.69) is 15.6 Å². The van der Waals surface area contributed by atoms with E-state index in [0.717, 1.165) is 0 Å². The van der Waals surface area contributed by atoms with Gasteiger partial charge in [0.1, 0.15) is 11.8 Å². The van der Waals surface area contributed by atoms with E-state index in [1.54, 1.807) is 86.3 Å². The molecule has 4 aromatic rings. The summed E-state index contributed by atoms with van der Waals surface area (Å²) in [7, 11) is 3.11. The zero-order valence-corrected chi connectivity index (χ0v) is 26.5. The summed E-state index contributed by atoms with van der Waals surface area (Å²) < 4.78 is 12.6. The predicted octanol–water partition coefficient (Wildman–Crippen LogP) is 5.35. The molecule has 0 aliphatic carbocycles. The largest absolute Gasteiger partial charge is 0.485 e. The zero-order valence-electron chi connectivity index (χ0n) is 24.2. The third-order valence-corrected chi connectivity index (χ3v) is 7.83. The lowest BCUT2D eigenvalue weighted by Crippen LogP contribution is -2.37. The van der Waals surface area contributed by atoms with Crippen molar-refractivity contribution in [3.05, 3.63) is 98.4 Å². The topological polar surface area (TPSA) is 114 Å². The monoisotopic (exact) mass is 657 g/mol. The average molecular weight is 659 g/mol. The van der Waals surface area contributed by atoms with Crippen molar-refractivity contribution in [1.29, 1.82) is 0 Å². The highest BCUT2D eigenvalue weighted by molar-refractivity contribution is 6.38. The molecule has 44 heavy (non-hydrogen) atoms. The highest BCUT2D eigenvalue weighted by atomic mass is 35.5. The van der Waals surface area contributed by atoms with E-state index in [-0.39, 0.29) is 24.1 Å². The van der Waals surface area contributed by atoms with Crippen LogP contribution in [-0.2, 0) is 20.9 Å². The van der Waals surface area contributed by atoms with Crippen molar-refractivity contribution in [1.82, 2.24) is 20.0 Å². The summed E-state index contributed by atoms with van der Waals surface area (Å²) in [6.45, 7) is 2.37. The van der Waals surface area contributed by atoms with E-state index in [1.807, 2.05) is 0 Å². The molecule has 0 unspecified atom stereocenters. The van der Waals surface area contributed by atoms with Crippen LogP contribution in [0, 0.1) is 6.92 Å². The molecule has 10 nitrogen and oxygen atoms in total. The molecule has 0 aliphatic rings. The van der Waals surface area contributed by atoms with Crippen LogP contribution in [0.15, 0.2) is 60.8 Å². The normalized spacial score (nSPS) is 11.1. The summed E-state index contributed by atoms with van der Waals surface area (Å²) in [4.78, 5) is 43.2. The second-order valence-electron chi connectivity index (χ2n) is 9.58. The first-order chi connectivity index (χ1) is 21.1. The Balaban J connectivity index is 1.34. The van der Waals surface area contributed by atoms with Crippen molar-refractivity contribution in [2.24, 2.45) is 0 Å². The van der Waals surface area contributed by atoms with Crippen LogP contribution in [0.5, 0.6) is 5.75 Å². The number of methoxy groups -OCH3 is 1. The zero-order chi connectivity index (χ0) is 31.8. The van der Waals surface area contributed by atoms with Crippen molar-refractivity contribution >= 4 is 69.9 Å². The summed E-state index contributed by atoms with van der Waals surface area (Å²) in [5.41, 5.74) is 3.29.